The van der Waals surface area contributed by atoms with Crippen LogP contribution in [-0.4, -0.2) is 27.5 Å². The monoisotopic (exact) mass is 300 g/mol. The Bertz CT molecular complexity index is 312. The molecule has 0 atom stereocenters. The van der Waals surface area contributed by atoms with Crippen LogP contribution in [0.4, 0.5) is 0 Å². The topological polar surface area (TPSA) is 35.5 Å². The molecule has 0 amide bonds. The van der Waals surface area contributed by atoms with E-state index < -0.39 is 8.32 Å². The first-order valence-corrected chi connectivity index (χ1v) is 10.9. The maximum Gasteiger partial charge on any atom is 0.308 e. The van der Waals surface area contributed by atoms with E-state index in [1.807, 2.05) is 6.92 Å². The molecule has 0 spiro atoms. The van der Waals surface area contributed by atoms with Gasteiger partial charge in [0, 0.05) is 6.61 Å². The van der Waals surface area contributed by atoms with Crippen LogP contribution in [0, 0.1) is 11.8 Å². The van der Waals surface area contributed by atoms with Gasteiger partial charge in [0.15, 0.2) is 8.32 Å². The SMILES string of the molecule is CCOC(=O)C1CCC(CO[Si](C)(C)C(C)(C)C)CC1. The molecule has 0 heterocycles. The number of hydrogen-bond donors (Lipinski definition) is 0. The van der Waals surface area contributed by atoms with Crippen LogP contribution in [0.5, 0.6) is 0 Å². The maximum absolute atomic E-state index is 11.7. The van der Waals surface area contributed by atoms with Gasteiger partial charge in [0.25, 0.3) is 0 Å². The van der Waals surface area contributed by atoms with Gasteiger partial charge in [0.05, 0.1) is 12.5 Å². The summed E-state index contributed by atoms with van der Waals surface area (Å²) in [5.41, 5.74) is 0. The smallest absolute Gasteiger partial charge is 0.308 e. The molecule has 0 unspecified atom stereocenters. The standard InChI is InChI=1S/C16H32O3Si/c1-7-18-15(17)14-10-8-13(9-11-14)12-19-20(5,6)16(2,3)4/h13-14H,7-12H2,1-6H3. The molecular formula is C16H32O3Si. The van der Waals surface area contributed by atoms with Gasteiger partial charge in [-0.3, -0.25) is 4.79 Å². The van der Waals surface area contributed by atoms with E-state index in [-0.39, 0.29) is 16.9 Å². The van der Waals surface area contributed by atoms with Crippen LogP contribution in [-0.2, 0) is 14.0 Å². The molecule has 0 aromatic carbocycles. The number of carbonyl (C=O) groups is 1. The molecular weight excluding hydrogens is 268 g/mol. The van der Waals surface area contributed by atoms with E-state index in [1.165, 1.54) is 0 Å². The summed E-state index contributed by atoms with van der Waals surface area (Å²) in [6, 6.07) is 0. The van der Waals surface area contributed by atoms with Crippen molar-refractivity contribution < 1.29 is 14.0 Å². The van der Waals surface area contributed by atoms with Crippen molar-refractivity contribution in [1.29, 1.82) is 0 Å². The average Bonchev–Trinajstić information content (AvgIpc) is 2.36. The molecule has 0 aromatic heterocycles. The average molecular weight is 301 g/mol. The predicted octanol–water partition coefficient (Wildman–Crippen LogP) is 4.38. The number of rotatable bonds is 5. The van der Waals surface area contributed by atoms with E-state index in [9.17, 15) is 4.79 Å². The summed E-state index contributed by atoms with van der Waals surface area (Å²) in [5.74, 6) is 0.741. The zero-order chi connectivity index (χ0) is 15.4. The van der Waals surface area contributed by atoms with E-state index in [2.05, 4.69) is 33.9 Å². The molecule has 118 valence electrons. The molecule has 1 saturated carbocycles. The third kappa shape index (κ3) is 4.88. The van der Waals surface area contributed by atoms with E-state index in [0.29, 0.717) is 12.5 Å². The highest BCUT2D eigenvalue weighted by Crippen LogP contribution is 2.38. The Morgan fingerprint density at radius 1 is 1.15 bits per heavy atom. The maximum atomic E-state index is 11.7. The van der Waals surface area contributed by atoms with E-state index in [0.717, 1.165) is 32.3 Å². The number of ether oxygens (including phenoxy) is 1. The lowest BCUT2D eigenvalue weighted by atomic mass is 9.82. The quantitative estimate of drug-likeness (QED) is 0.558. The summed E-state index contributed by atoms with van der Waals surface area (Å²) in [5, 5.41) is 0.273. The fraction of sp³-hybridized carbons (Fsp3) is 0.938. The van der Waals surface area contributed by atoms with E-state index in [1.54, 1.807) is 0 Å². The zero-order valence-corrected chi connectivity index (χ0v) is 15.1. The van der Waals surface area contributed by atoms with E-state index in [4.69, 9.17) is 9.16 Å². The van der Waals surface area contributed by atoms with Crippen molar-refractivity contribution in [1.82, 2.24) is 0 Å². The third-order valence-electron chi connectivity index (χ3n) is 4.95. The van der Waals surface area contributed by atoms with Gasteiger partial charge in [0.2, 0.25) is 0 Å². The lowest BCUT2D eigenvalue weighted by Gasteiger charge is -2.38. The van der Waals surface area contributed by atoms with Crippen molar-refractivity contribution >= 4 is 14.3 Å². The van der Waals surface area contributed by atoms with Crippen LogP contribution in [0.2, 0.25) is 18.1 Å². The molecule has 1 aliphatic carbocycles. The van der Waals surface area contributed by atoms with Crippen LogP contribution in [0.25, 0.3) is 0 Å². The Morgan fingerprint density at radius 3 is 2.15 bits per heavy atom. The second-order valence-corrected chi connectivity index (χ2v) is 12.4. The van der Waals surface area contributed by atoms with Crippen LogP contribution in [0.3, 0.4) is 0 Å². The molecule has 0 aliphatic heterocycles. The Kier molecular flexibility index (Phi) is 6.26. The van der Waals surface area contributed by atoms with Crippen LogP contribution in [0.15, 0.2) is 0 Å². The number of esters is 1. The van der Waals surface area contributed by atoms with Crippen LogP contribution in [0.1, 0.15) is 53.4 Å². The molecule has 1 fully saturated rings. The summed E-state index contributed by atoms with van der Waals surface area (Å²) in [7, 11) is -1.63. The minimum absolute atomic E-state index is 0.00346. The largest absolute Gasteiger partial charge is 0.466 e. The lowest BCUT2D eigenvalue weighted by molar-refractivity contribution is -0.149. The fourth-order valence-electron chi connectivity index (χ4n) is 2.37. The molecule has 0 saturated heterocycles. The van der Waals surface area contributed by atoms with Gasteiger partial charge >= 0.3 is 5.97 Å². The van der Waals surface area contributed by atoms with Crippen molar-refractivity contribution in [3.8, 4) is 0 Å². The molecule has 1 aliphatic rings. The molecule has 0 aromatic rings. The Balaban J connectivity index is 2.35. The Morgan fingerprint density at radius 2 is 1.70 bits per heavy atom. The third-order valence-corrected chi connectivity index (χ3v) is 9.45. The van der Waals surface area contributed by atoms with Crippen molar-refractivity contribution in [3.05, 3.63) is 0 Å². The summed E-state index contributed by atoms with van der Waals surface area (Å²) in [6.45, 7) is 14.7. The second-order valence-electron chi connectivity index (χ2n) is 7.54. The van der Waals surface area contributed by atoms with Crippen LogP contribution >= 0.6 is 0 Å². The van der Waals surface area contributed by atoms with Gasteiger partial charge in [-0.15, -0.1) is 0 Å². The van der Waals surface area contributed by atoms with Gasteiger partial charge in [-0.25, -0.2) is 0 Å². The molecule has 0 radical (unpaired) electrons. The van der Waals surface area contributed by atoms with E-state index >= 15 is 0 Å². The predicted molar refractivity (Wildman–Crippen MR) is 85.2 cm³/mol. The zero-order valence-electron chi connectivity index (χ0n) is 14.1. The molecule has 1 rings (SSSR count). The minimum Gasteiger partial charge on any atom is -0.466 e. The van der Waals surface area contributed by atoms with Crippen molar-refractivity contribution in [3.63, 3.8) is 0 Å². The van der Waals surface area contributed by atoms with Crippen LogP contribution < -0.4 is 0 Å². The highest BCUT2D eigenvalue weighted by molar-refractivity contribution is 6.74. The van der Waals surface area contributed by atoms with Crippen molar-refractivity contribution in [2.75, 3.05) is 13.2 Å². The highest BCUT2D eigenvalue weighted by Gasteiger charge is 2.38. The number of carbonyl (C=O) groups excluding carboxylic acids is 1. The van der Waals surface area contributed by atoms with Crippen molar-refractivity contribution in [2.45, 2.75) is 71.5 Å². The highest BCUT2D eigenvalue weighted by atomic mass is 28.4. The first-order valence-electron chi connectivity index (χ1n) is 7.98. The molecule has 4 heteroatoms. The minimum atomic E-state index is -1.63. The number of hydrogen-bond acceptors (Lipinski definition) is 3. The summed E-state index contributed by atoms with van der Waals surface area (Å²) in [6.07, 6.45) is 4.12. The normalized spacial score (nSPS) is 24.5. The van der Waals surface area contributed by atoms with Gasteiger partial charge < -0.3 is 9.16 Å². The van der Waals surface area contributed by atoms with Gasteiger partial charge in [-0.05, 0) is 56.7 Å². The van der Waals surface area contributed by atoms with Gasteiger partial charge in [-0.1, -0.05) is 20.8 Å². The fourth-order valence-corrected chi connectivity index (χ4v) is 3.45. The molecule has 20 heavy (non-hydrogen) atoms. The molecule has 0 N–H and O–H groups in total. The molecule has 0 bridgehead atoms. The summed E-state index contributed by atoms with van der Waals surface area (Å²) in [4.78, 5) is 11.7. The summed E-state index contributed by atoms with van der Waals surface area (Å²) < 4.78 is 11.4. The first-order chi connectivity index (χ1) is 9.17. The van der Waals surface area contributed by atoms with Gasteiger partial charge in [-0.2, -0.15) is 0 Å². The molecule has 3 nitrogen and oxygen atoms in total. The second kappa shape index (κ2) is 7.08. The first kappa shape index (κ1) is 17.7. The Labute approximate surface area is 125 Å². The lowest BCUT2D eigenvalue weighted by Crippen LogP contribution is -2.42. The summed E-state index contributed by atoms with van der Waals surface area (Å²) >= 11 is 0. The Hall–Kier alpha value is -0.353. The van der Waals surface area contributed by atoms with Gasteiger partial charge in [0.1, 0.15) is 0 Å². The van der Waals surface area contributed by atoms with Crippen molar-refractivity contribution in [2.24, 2.45) is 11.8 Å².